The zero-order valence-corrected chi connectivity index (χ0v) is 21.3. The zero-order valence-electron chi connectivity index (χ0n) is 21.3. The summed E-state index contributed by atoms with van der Waals surface area (Å²) in [6.07, 6.45) is 1.71. The maximum Gasteiger partial charge on any atom is 0.410 e. The van der Waals surface area contributed by atoms with Crippen molar-refractivity contribution in [2.24, 2.45) is 0 Å². The van der Waals surface area contributed by atoms with E-state index in [2.05, 4.69) is 22.5 Å². The molecule has 3 amide bonds. The molecular formula is C26H34N6O4. The van der Waals surface area contributed by atoms with Gasteiger partial charge in [-0.25, -0.2) is 19.6 Å². The Morgan fingerprint density at radius 3 is 2.53 bits per heavy atom. The molecule has 2 N–H and O–H groups in total. The second-order valence-electron chi connectivity index (χ2n) is 10.7. The van der Waals surface area contributed by atoms with Gasteiger partial charge in [-0.05, 0) is 52.7 Å². The lowest BCUT2D eigenvalue weighted by Gasteiger charge is -2.33. The van der Waals surface area contributed by atoms with Crippen molar-refractivity contribution in [3.8, 4) is 11.3 Å². The van der Waals surface area contributed by atoms with Gasteiger partial charge in [-0.1, -0.05) is 12.1 Å². The number of urea groups is 1. The lowest BCUT2D eigenvalue weighted by atomic mass is 10.1. The van der Waals surface area contributed by atoms with Crippen molar-refractivity contribution >= 4 is 23.8 Å². The van der Waals surface area contributed by atoms with Crippen LogP contribution in [-0.4, -0.2) is 64.4 Å². The molecule has 1 aliphatic carbocycles. The number of nitrogens with one attached hydrogen (secondary N) is 2. The minimum atomic E-state index is -0.580. The van der Waals surface area contributed by atoms with E-state index in [0.717, 1.165) is 35.4 Å². The van der Waals surface area contributed by atoms with Gasteiger partial charge in [0.2, 0.25) is 5.95 Å². The molecule has 10 heteroatoms. The topological polar surface area (TPSA) is 109 Å². The summed E-state index contributed by atoms with van der Waals surface area (Å²) >= 11 is 0. The number of aromatic nitrogens is 2. The van der Waals surface area contributed by atoms with E-state index in [1.165, 1.54) is 0 Å². The molecule has 1 aromatic carbocycles. The summed E-state index contributed by atoms with van der Waals surface area (Å²) in [6.45, 7) is 10.3. The Kier molecular flexibility index (Phi) is 6.46. The van der Waals surface area contributed by atoms with E-state index in [1.807, 2.05) is 45.0 Å². The number of amides is 3. The van der Waals surface area contributed by atoms with E-state index in [0.29, 0.717) is 50.5 Å². The number of carbonyl (C=O) groups excluding carboxylic acids is 2. The van der Waals surface area contributed by atoms with E-state index in [9.17, 15) is 9.59 Å². The first-order valence-electron chi connectivity index (χ1n) is 12.6. The van der Waals surface area contributed by atoms with Gasteiger partial charge in [0.15, 0.2) is 0 Å². The summed E-state index contributed by atoms with van der Waals surface area (Å²) in [6, 6.07) is 7.87. The van der Waals surface area contributed by atoms with Crippen molar-refractivity contribution in [2.45, 2.75) is 71.3 Å². The number of benzene rings is 1. The SMILES string of the molecule is CC1COCCN1c1nc2c(c(-c3ccc(NC(=O)NC4CC4)cc3)n1)CN(C(=O)OC(C)(C)C)C2. The van der Waals surface area contributed by atoms with Crippen molar-refractivity contribution in [1.82, 2.24) is 20.2 Å². The number of nitrogens with zero attached hydrogens (tertiary/aromatic N) is 4. The van der Waals surface area contributed by atoms with Crippen molar-refractivity contribution in [1.29, 1.82) is 0 Å². The summed E-state index contributed by atoms with van der Waals surface area (Å²) in [4.78, 5) is 38.6. The molecule has 1 aromatic heterocycles. The molecular weight excluding hydrogens is 460 g/mol. The van der Waals surface area contributed by atoms with Crippen molar-refractivity contribution < 1.29 is 19.1 Å². The van der Waals surface area contributed by atoms with Crippen LogP contribution < -0.4 is 15.5 Å². The highest BCUT2D eigenvalue weighted by Gasteiger charge is 2.33. The van der Waals surface area contributed by atoms with Crippen LogP contribution in [0.1, 0.15) is 51.8 Å². The number of rotatable bonds is 4. The van der Waals surface area contributed by atoms with Crippen LogP contribution in [0.4, 0.5) is 21.2 Å². The van der Waals surface area contributed by atoms with Gasteiger partial charge >= 0.3 is 12.1 Å². The Hall–Kier alpha value is -3.40. The predicted octanol–water partition coefficient (Wildman–Crippen LogP) is 3.90. The van der Waals surface area contributed by atoms with E-state index >= 15 is 0 Å². The Labute approximate surface area is 211 Å². The number of carbonyl (C=O) groups is 2. The zero-order chi connectivity index (χ0) is 25.4. The summed E-state index contributed by atoms with van der Waals surface area (Å²) < 4.78 is 11.2. The fourth-order valence-electron chi connectivity index (χ4n) is 4.38. The number of anilines is 2. The molecule has 1 saturated heterocycles. The van der Waals surface area contributed by atoms with Gasteiger partial charge in [0.25, 0.3) is 0 Å². The second-order valence-corrected chi connectivity index (χ2v) is 10.7. The third-order valence-corrected chi connectivity index (χ3v) is 6.38. The Balaban J connectivity index is 1.43. The first kappa shape index (κ1) is 24.3. The normalized spacial score (nSPS) is 19.6. The van der Waals surface area contributed by atoms with Crippen LogP contribution in [0.5, 0.6) is 0 Å². The number of ether oxygens (including phenoxy) is 2. The molecule has 2 fully saturated rings. The van der Waals surface area contributed by atoms with Gasteiger partial charge < -0.3 is 25.0 Å². The number of fused-ring (bicyclic) bond motifs is 1. The monoisotopic (exact) mass is 494 g/mol. The van der Waals surface area contributed by atoms with Gasteiger partial charge in [0.05, 0.1) is 43.7 Å². The summed E-state index contributed by atoms with van der Waals surface area (Å²) in [5.74, 6) is 0.636. The lowest BCUT2D eigenvalue weighted by molar-refractivity contribution is 0.0241. The largest absolute Gasteiger partial charge is 0.444 e. The molecule has 1 saturated carbocycles. The first-order chi connectivity index (χ1) is 17.2. The molecule has 1 unspecified atom stereocenters. The van der Waals surface area contributed by atoms with Crippen LogP contribution in [0.25, 0.3) is 11.3 Å². The van der Waals surface area contributed by atoms with Crippen LogP contribution >= 0.6 is 0 Å². The highest BCUT2D eigenvalue weighted by Crippen LogP contribution is 2.34. The second kappa shape index (κ2) is 9.57. The molecule has 5 rings (SSSR count). The molecule has 0 radical (unpaired) electrons. The molecule has 2 aromatic rings. The van der Waals surface area contributed by atoms with Crippen molar-refractivity contribution in [3.05, 3.63) is 35.5 Å². The van der Waals surface area contributed by atoms with Gasteiger partial charge in [-0.2, -0.15) is 0 Å². The first-order valence-corrected chi connectivity index (χ1v) is 12.6. The van der Waals surface area contributed by atoms with E-state index < -0.39 is 5.60 Å². The molecule has 0 bridgehead atoms. The summed E-state index contributed by atoms with van der Waals surface area (Å²) in [7, 11) is 0. The molecule has 36 heavy (non-hydrogen) atoms. The number of morpholine rings is 1. The maximum absolute atomic E-state index is 12.8. The molecule has 3 heterocycles. The van der Waals surface area contributed by atoms with E-state index in [4.69, 9.17) is 19.4 Å². The number of hydrogen-bond acceptors (Lipinski definition) is 7. The fraction of sp³-hybridized carbons (Fsp3) is 0.538. The molecule has 3 aliphatic rings. The van der Waals surface area contributed by atoms with Crippen LogP contribution in [0.3, 0.4) is 0 Å². The van der Waals surface area contributed by atoms with Gasteiger partial charge in [0, 0.05) is 29.4 Å². The predicted molar refractivity (Wildman–Crippen MR) is 136 cm³/mol. The Morgan fingerprint density at radius 2 is 1.86 bits per heavy atom. The van der Waals surface area contributed by atoms with Crippen LogP contribution in [-0.2, 0) is 22.6 Å². The highest BCUT2D eigenvalue weighted by molar-refractivity contribution is 5.90. The molecule has 10 nitrogen and oxygen atoms in total. The van der Waals surface area contributed by atoms with Crippen LogP contribution in [0.2, 0.25) is 0 Å². The standard InChI is InChI=1S/C26H34N6O4/c1-16-15-35-12-11-32(16)23-29-21-14-31(25(34)36-26(2,3)4)13-20(21)22(30-23)17-5-7-18(8-6-17)27-24(33)28-19-9-10-19/h5-8,16,19H,9-15H2,1-4H3,(H2,27,28,33). The van der Waals surface area contributed by atoms with Crippen molar-refractivity contribution in [2.75, 3.05) is 30.0 Å². The fourth-order valence-corrected chi connectivity index (χ4v) is 4.38. The van der Waals surface area contributed by atoms with E-state index in [-0.39, 0.29) is 18.2 Å². The minimum Gasteiger partial charge on any atom is -0.444 e. The summed E-state index contributed by atoms with van der Waals surface area (Å²) in [5, 5.41) is 5.81. The van der Waals surface area contributed by atoms with Crippen molar-refractivity contribution in [3.63, 3.8) is 0 Å². The Morgan fingerprint density at radius 1 is 1.11 bits per heavy atom. The molecule has 2 aliphatic heterocycles. The average molecular weight is 495 g/mol. The number of hydrogen-bond donors (Lipinski definition) is 2. The highest BCUT2D eigenvalue weighted by atomic mass is 16.6. The van der Waals surface area contributed by atoms with Crippen LogP contribution in [0, 0.1) is 0 Å². The third-order valence-electron chi connectivity index (χ3n) is 6.38. The van der Waals surface area contributed by atoms with E-state index in [1.54, 1.807) is 4.90 Å². The lowest BCUT2D eigenvalue weighted by Crippen LogP contribution is -2.44. The molecule has 192 valence electrons. The summed E-state index contributed by atoms with van der Waals surface area (Å²) in [5.41, 5.74) is 3.55. The smallest absolute Gasteiger partial charge is 0.410 e. The van der Waals surface area contributed by atoms with Gasteiger partial charge in [0.1, 0.15) is 5.60 Å². The Bertz CT molecular complexity index is 1140. The van der Waals surface area contributed by atoms with Crippen LogP contribution in [0.15, 0.2) is 24.3 Å². The van der Waals surface area contributed by atoms with Gasteiger partial charge in [-0.15, -0.1) is 0 Å². The minimum absolute atomic E-state index is 0.143. The molecule has 1 atom stereocenters. The maximum atomic E-state index is 12.8. The third kappa shape index (κ3) is 5.53. The average Bonchev–Trinajstić information content (AvgIpc) is 3.52. The molecule has 0 spiro atoms. The van der Waals surface area contributed by atoms with Gasteiger partial charge in [-0.3, -0.25) is 4.90 Å². The quantitative estimate of drug-likeness (QED) is 0.663.